The molecule has 0 aliphatic carbocycles. The number of amides is 2. The van der Waals surface area contributed by atoms with Gasteiger partial charge < -0.3 is 30.9 Å². The van der Waals surface area contributed by atoms with Crippen LogP contribution in [0, 0.1) is 0 Å². The van der Waals surface area contributed by atoms with Crippen LogP contribution in [0.3, 0.4) is 0 Å². The summed E-state index contributed by atoms with van der Waals surface area (Å²) >= 11 is 0. The van der Waals surface area contributed by atoms with E-state index in [0.717, 1.165) is 48.8 Å². The molecule has 2 aliphatic heterocycles. The number of carbonyl (C=O) groups is 2. The van der Waals surface area contributed by atoms with E-state index in [2.05, 4.69) is 35.7 Å². The van der Waals surface area contributed by atoms with Crippen molar-refractivity contribution in [3.8, 4) is 5.75 Å². The summed E-state index contributed by atoms with van der Waals surface area (Å²) < 4.78 is 5.46. The summed E-state index contributed by atoms with van der Waals surface area (Å²) in [6, 6.07) is 14.7. The number of aromatic nitrogens is 3. The molecule has 208 valence electrons. The monoisotopic (exact) mass is 543 g/mol. The number of nitrogens with zero attached hydrogens (tertiary/aromatic N) is 6. The van der Waals surface area contributed by atoms with Gasteiger partial charge in [-0.3, -0.25) is 14.6 Å². The molecule has 1 saturated heterocycles. The van der Waals surface area contributed by atoms with E-state index in [9.17, 15) is 9.59 Å². The van der Waals surface area contributed by atoms with E-state index in [4.69, 9.17) is 10.5 Å². The van der Waals surface area contributed by atoms with Gasteiger partial charge in [0.15, 0.2) is 11.5 Å². The number of rotatable bonds is 9. The van der Waals surface area contributed by atoms with Crippen LogP contribution in [0.2, 0.25) is 0 Å². The van der Waals surface area contributed by atoms with Gasteiger partial charge in [0.25, 0.3) is 11.8 Å². The van der Waals surface area contributed by atoms with Gasteiger partial charge in [-0.15, -0.1) is 10.2 Å². The molecule has 0 saturated carbocycles. The Hall–Kier alpha value is -4.74. The molecule has 2 aromatic carbocycles. The summed E-state index contributed by atoms with van der Waals surface area (Å²) in [6.07, 6.45) is 1.65. The van der Waals surface area contributed by atoms with Crippen molar-refractivity contribution >= 4 is 35.1 Å². The van der Waals surface area contributed by atoms with Gasteiger partial charge in [-0.25, -0.2) is 0 Å². The number of benzene rings is 2. The van der Waals surface area contributed by atoms with E-state index in [1.807, 2.05) is 43.1 Å². The van der Waals surface area contributed by atoms with Gasteiger partial charge in [0, 0.05) is 49.5 Å². The number of piperidine rings is 1. The van der Waals surface area contributed by atoms with Crippen molar-refractivity contribution in [1.29, 1.82) is 0 Å². The Kier molecular flexibility index (Phi) is 8.04. The Morgan fingerprint density at radius 3 is 2.52 bits per heavy atom. The average molecular weight is 544 g/mol. The van der Waals surface area contributed by atoms with E-state index in [-0.39, 0.29) is 23.5 Å². The van der Waals surface area contributed by atoms with Crippen molar-refractivity contribution in [1.82, 2.24) is 25.4 Å². The molecule has 12 heteroatoms. The third kappa shape index (κ3) is 6.11. The Labute approximate surface area is 232 Å². The standard InChI is InChI=1S/C28H33N9O3/c1-3-40-22-12-8-19(9-13-22)27(39)32-21-5-4-15-37(17-21)28-33-25(23(24(29)38)34-35-28)31-20-10-6-18(7-11-20)26-30-14-16-36(26)2/h6-13,21H,3-5,14-17H2,1-2H3,(H2,29,38)(H,32,39)(H,31,33,35). The lowest BCUT2D eigenvalue weighted by molar-refractivity contribution is 0.0931. The second-order valence-electron chi connectivity index (χ2n) is 9.72. The van der Waals surface area contributed by atoms with Gasteiger partial charge in [0.1, 0.15) is 11.6 Å². The zero-order valence-corrected chi connectivity index (χ0v) is 22.6. The molecular formula is C28H33N9O3. The normalized spacial score (nSPS) is 16.9. The van der Waals surface area contributed by atoms with Gasteiger partial charge in [-0.1, -0.05) is 0 Å². The average Bonchev–Trinajstić information content (AvgIpc) is 3.39. The minimum atomic E-state index is -0.730. The number of primary amides is 1. The maximum atomic E-state index is 12.8. The third-order valence-corrected chi connectivity index (χ3v) is 6.84. The summed E-state index contributed by atoms with van der Waals surface area (Å²) in [5.41, 5.74) is 7.81. The summed E-state index contributed by atoms with van der Waals surface area (Å²) in [4.78, 5) is 38.1. The first-order valence-electron chi connectivity index (χ1n) is 13.4. The Bertz CT molecular complexity index is 1390. The highest BCUT2D eigenvalue weighted by molar-refractivity contribution is 6.00. The Morgan fingerprint density at radius 1 is 1.07 bits per heavy atom. The molecule has 5 rings (SSSR count). The summed E-state index contributed by atoms with van der Waals surface area (Å²) in [7, 11) is 2.02. The SMILES string of the molecule is CCOc1ccc(C(=O)NC2CCCN(c3nnc(C(N)=O)c(Nc4ccc(C5=NCCN5C)cc4)n3)C2)cc1. The molecule has 4 N–H and O–H groups in total. The van der Waals surface area contributed by atoms with Crippen molar-refractivity contribution in [3.05, 3.63) is 65.4 Å². The van der Waals surface area contributed by atoms with Gasteiger partial charge in [0.2, 0.25) is 5.95 Å². The number of hydrogen-bond acceptors (Lipinski definition) is 10. The first-order chi connectivity index (χ1) is 19.4. The minimum Gasteiger partial charge on any atom is -0.494 e. The first kappa shape index (κ1) is 26.9. The van der Waals surface area contributed by atoms with E-state index in [1.165, 1.54) is 0 Å². The smallest absolute Gasteiger partial charge is 0.273 e. The van der Waals surface area contributed by atoms with E-state index in [1.54, 1.807) is 24.3 Å². The Balaban J connectivity index is 1.28. The van der Waals surface area contributed by atoms with Crippen LogP contribution in [-0.2, 0) is 0 Å². The molecule has 2 aliphatic rings. The molecule has 1 unspecified atom stereocenters. The zero-order chi connectivity index (χ0) is 28.1. The summed E-state index contributed by atoms with van der Waals surface area (Å²) in [6.45, 7) is 5.36. The number of ether oxygens (including phenoxy) is 1. The minimum absolute atomic E-state index is 0.0508. The van der Waals surface area contributed by atoms with Crippen LogP contribution < -0.4 is 26.0 Å². The number of nitrogens with two attached hydrogens (primary N) is 1. The maximum absolute atomic E-state index is 12.8. The third-order valence-electron chi connectivity index (χ3n) is 6.84. The number of carbonyl (C=O) groups excluding carboxylic acids is 2. The number of anilines is 3. The number of aliphatic imine (C=N–C) groups is 1. The molecular weight excluding hydrogens is 510 g/mol. The van der Waals surface area contributed by atoms with Gasteiger partial charge in [0.05, 0.1) is 13.2 Å². The van der Waals surface area contributed by atoms with Crippen molar-refractivity contribution in [2.24, 2.45) is 10.7 Å². The maximum Gasteiger partial charge on any atom is 0.273 e. The second-order valence-corrected chi connectivity index (χ2v) is 9.72. The predicted octanol–water partition coefficient (Wildman–Crippen LogP) is 2.20. The molecule has 1 atom stereocenters. The van der Waals surface area contributed by atoms with Crippen LogP contribution in [0.4, 0.5) is 17.5 Å². The van der Waals surface area contributed by atoms with Gasteiger partial charge in [-0.05, 0) is 68.3 Å². The molecule has 1 fully saturated rings. The molecule has 0 radical (unpaired) electrons. The van der Waals surface area contributed by atoms with Crippen LogP contribution in [-0.4, -0.2) is 83.6 Å². The highest BCUT2D eigenvalue weighted by Crippen LogP contribution is 2.23. The van der Waals surface area contributed by atoms with Crippen LogP contribution in [0.5, 0.6) is 5.75 Å². The molecule has 1 aromatic heterocycles. The molecule has 3 heterocycles. The fraction of sp³-hybridized carbons (Fsp3) is 0.357. The zero-order valence-electron chi connectivity index (χ0n) is 22.6. The molecule has 12 nitrogen and oxygen atoms in total. The van der Waals surface area contributed by atoms with Crippen molar-refractivity contribution < 1.29 is 14.3 Å². The van der Waals surface area contributed by atoms with Gasteiger partial charge in [-0.2, -0.15) is 4.98 Å². The number of nitrogens with one attached hydrogen (secondary N) is 2. The molecule has 2 amide bonds. The van der Waals surface area contributed by atoms with E-state index >= 15 is 0 Å². The van der Waals surface area contributed by atoms with Crippen molar-refractivity contribution in [2.45, 2.75) is 25.8 Å². The second kappa shape index (κ2) is 12.0. The molecule has 0 spiro atoms. The van der Waals surface area contributed by atoms with Crippen molar-refractivity contribution in [3.63, 3.8) is 0 Å². The number of hydrogen-bond donors (Lipinski definition) is 3. The molecule has 40 heavy (non-hydrogen) atoms. The van der Waals surface area contributed by atoms with Crippen molar-refractivity contribution in [2.75, 3.05) is 50.1 Å². The fourth-order valence-electron chi connectivity index (χ4n) is 4.80. The fourth-order valence-corrected chi connectivity index (χ4v) is 4.80. The topological polar surface area (TPSA) is 151 Å². The quantitative estimate of drug-likeness (QED) is 0.369. The summed E-state index contributed by atoms with van der Waals surface area (Å²) in [5.74, 6) is 1.37. The highest BCUT2D eigenvalue weighted by Gasteiger charge is 2.25. The van der Waals surface area contributed by atoms with E-state index in [0.29, 0.717) is 31.2 Å². The first-order valence-corrected chi connectivity index (χ1v) is 13.4. The predicted molar refractivity (Wildman–Crippen MR) is 152 cm³/mol. The lowest BCUT2D eigenvalue weighted by Crippen LogP contribution is -2.48. The van der Waals surface area contributed by atoms with Gasteiger partial charge >= 0.3 is 0 Å². The largest absolute Gasteiger partial charge is 0.494 e. The summed E-state index contributed by atoms with van der Waals surface area (Å²) in [5, 5.41) is 14.5. The lowest BCUT2D eigenvalue weighted by atomic mass is 10.1. The molecule has 3 aromatic rings. The van der Waals surface area contributed by atoms with E-state index < -0.39 is 5.91 Å². The van der Waals surface area contributed by atoms with Crippen LogP contribution in [0.1, 0.15) is 46.2 Å². The highest BCUT2D eigenvalue weighted by atomic mass is 16.5. The van der Waals surface area contributed by atoms with Crippen LogP contribution in [0.15, 0.2) is 53.5 Å². The number of likely N-dealkylation sites (N-methyl/N-ethyl adjacent to an activating group) is 1. The molecule has 0 bridgehead atoms. The Morgan fingerprint density at radius 2 is 1.85 bits per heavy atom. The van der Waals surface area contributed by atoms with Crippen LogP contribution >= 0.6 is 0 Å². The lowest BCUT2D eigenvalue weighted by Gasteiger charge is -2.33. The number of amidine groups is 1. The van der Waals surface area contributed by atoms with Crippen LogP contribution in [0.25, 0.3) is 0 Å².